The van der Waals surface area contributed by atoms with Gasteiger partial charge in [-0.1, -0.05) is 36.4 Å². The number of ether oxygens (including phenoxy) is 2. The number of nitrogens with one attached hydrogen (secondary N) is 2. The maximum atomic E-state index is 12.3. The van der Waals surface area contributed by atoms with Crippen LogP contribution in [0.25, 0.3) is 5.57 Å². The lowest BCUT2D eigenvalue weighted by Gasteiger charge is -2.23. The van der Waals surface area contributed by atoms with Crippen molar-refractivity contribution in [2.45, 2.75) is 13.0 Å². The van der Waals surface area contributed by atoms with E-state index in [1.807, 2.05) is 24.3 Å². The fourth-order valence-electron chi connectivity index (χ4n) is 3.40. The molecule has 0 aliphatic carbocycles. The second-order valence-electron chi connectivity index (χ2n) is 6.69. The summed E-state index contributed by atoms with van der Waals surface area (Å²) in [6.07, 6.45) is 3.27. The van der Waals surface area contributed by atoms with E-state index in [1.165, 1.54) is 16.0 Å². The van der Waals surface area contributed by atoms with Crippen LogP contribution in [0, 0.1) is 0 Å². The van der Waals surface area contributed by atoms with Gasteiger partial charge in [0.1, 0.15) is 0 Å². The largest absolute Gasteiger partial charge is 0.454 e. The van der Waals surface area contributed by atoms with E-state index in [0.717, 1.165) is 36.6 Å². The van der Waals surface area contributed by atoms with Crippen LogP contribution in [0.3, 0.4) is 0 Å². The number of benzene rings is 2. The Balaban J connectivity index is 1.26. The van der Waals surface area contributed by atoms with Crippen LogP contribution >= 0.6 is 0 Å². The van der Waals surface area contributed by atoms with Gasteiger partial charge in [-0.2, -0.15) is 0 Å². The number of carbonyl (C=O) groups is 1. The molecule has 2 aliphatic heterocycles. The first-order valence-corrected chi connectivity index (χ1v) is 9.01. The highest BCUT2D eigenvalue weighted by atomic mass is 16.7. The average Bonchev–Trinajstić information content (AvgIpc) is 3.15. The summed E-state index contributed by atoms with van der Waals surface area (Å²) in [7, 11) is 0. The van der Waals surface area contributed by atoms with E-state index in [9.17, 15) is 4.79 Å². The summed E-state index contributed by atoms with van der Waals surface area (Å²) < 4.78 is 10.7. The molecule has 134 valence electrons. The predicted octanol–water partition coefficient (Wildman–Crippen LogP) is 1.40. The smallest absolute Gasteiger partial charge is 0.275 e. The Labute approximate surface area is 153 Å². The van der Waals surface area contributed by atoms with Crippen LogP contribution in [0.2, 0.25) is 0 Å². The fraction of sp³-hybridized carbons (Fsp3) is 0.286. The number of carbonyl (C=O) groups excluding carboxylic acids is 1. The van der Waals surface area contributed by atoms with Crippen molar-refractivity contribution in [3.05, 3.63) is 65.7 Å². The highest BCUT2D eigenvalue weighted by Crippen LogP contribution is 2.32. The van der Waals surface area contributed by atoms with E-state index < -0.39 is 0 Å². The molecule has 26 heavy (non-hydrogen) atoms. The maximum Gasteiger partial charge on any atom is 0.275 e. The SMILES string of the molecule is O=C(C[NH+]1CC=C(c2ccccc2)CC1)NCc1ccc2c(c1)OCO2. The number of fused-ring (bicyclic) bond motifs is 1. The normalized spacial score (nSPS) is 18.3. The summed E-state index contributed by atoms with van der Waals surface area (Å²) in [5.41, 5.74) is 3.69. The zero-order valence-corrected chi connectivity index (χ0v) is 14.7. The molecular formula is C21H23N2O3+. The average molecular weight is 351 g/mol. The van der Waals surface area contributed by atoms with Crippen molar-refractivity contribution in [1.29, 1.82) is 0 Å². The molecule has 0 saturated heterocycles. The molecule has 0 spiro atoms. The lowest BCUT2D eigenvalue weighted by molar-refractivity contribution is -0.886. The van der Waals surface area contributed by atoms with Crippen LogP contribution in [0.4, 0.5) is 0 Å². The Kier molecular flexibility index (Phi) is 4.88. The Morgan fingerprint density at radius 1 is 1.08 bits per heavy atom. The first-order chi connectivity index (χ1) is 12.8. The van der Waals surface area contributed by atoms with Crippen LogP contribution in [0.5, 0.6) is 11.5 Å². The van der Waals surface area contributed by atoms with Crippen molar-refractivity contribution in [2.75, 3.05) is 26.4 Å². The van der Waals surface area contributed by atoms with Gasteiger partial charge in [0.05, 0.1) is 13.1 Å². The zero-order chi connectivity index (χ0) is 17.8. The molecular weight excluding hydrogens is 328 g/mol. The molecule has 5 nitrogen and oxygen atoms in total. The van der Waals surface area contributed by atoms with Crippen LogP contribution in [0.15, 0.2) is 54.6 Å². The number of hydrogen-bond donors (Lipinski definition) is 2. The molecule has 1 atom stereocenters. The highest BCUT2D eigenvalue weighted by molar-refractivity contribution is 5.77. The van der Waals surface area contributed by atoms with Crippen molar-refractivity contribution >= 4 is 11.5 Å². The van der Waals surface area contributed by atoms with Gasteiger partial charge in [-0.3, -0.25) is 4.79 Å². The molecule has 2 heterocycles. The standard InChI is InChI=1S/C21H22N2O3/c24-21(22-13-16-6-7-19-20(12-16)26-15-25-19)14-23-10-8-18(9-11-23)17-4-2-1-3-5-17/h1-8,12H,9-11,13-15H2,(H,22,24)/p+1. The van der Waals surface area contributed by atoms with Crippen molar-refractivity contribution < 1.29 is 19.2 Å². The van der Waals surface area contributed by atoms with Gasteiger partial charge >= 0.3 is 0 Å². The van der Waals surface area contributed by atoms with Crippen molar-refractivity contribution in [1.82, 2.24) is 5.32 Å². The third-order valence-electron chi connectivity index (χ3n) is 4.87. The Hall–Kier alpha value is -2.79. The molecule has 0 fully saturated rings. The summed E-state index contributed by atoms with van der Waals surface area (Å²) in [6.45, 7) is 3.15. The second-order valence-corrected chi connectivity index (χ2v) is 6.69. The molecule has 1 unspecified atom stereocenters. The summed E-state index contributed by atoms with van der Waals surface area (Å²) in [4.78, 5) is 13.6. The molecule has 2 aromatic carbocycles. The van der Waals surface area contributed by atoms with Gasteiger partial charge in [0.25, 0.3) is 5.91 Å². The van der Waals surface area contributed by atoms with Crippen LogP contribution in [-0.4, -0.2) is 32.3 Å². The Morgan fingerprint density at radius 2 is 1.92 bits per heavy atom. The third-order valence-corrected chi connectivity index (χ3v) is 4.87. The predicted molar refractivity (Wildman–Crippen MR) is 99.0 cm³/mol. The van der Waals surface area contributed by atoms with Gasteiger partial charge in [-0.05, 0) is 34.9 Å². The lowest BCUT2D eigenvalue weighted by Crippen LogP contribution is -3.13. The highest BCUT2D eigenvalue weighted by Gasteiger charge is 2.19. The van der Waals surface area contributed by atoms with Crippen LogP contribution < -0.4 is 19.7 Å². The minimum Gasteiger partial charge on any atom is -0.454 e. The van der Waals surface area contributed by atoms with Crippen molar-refractivity contribution in [2.24, 2.45) is 0 Å². The van der Waals surface area contributed by atoms with Gasteiger partial charge in [0.2, 0.25) is 6.79 Å². The minimum atomic E-state index is 0.0780. The van der Waals surface area contributed by atoms with E-state index in [2.05, 4.69) is 35.7 Å². The van der Waals surface area contributed by atoms with Gasteiger partial charge in [0.15, 0.2) is 18.0 Å². The van der Waals surface area contributed by atoms with Gasteiger partial charge in [0, 0.05) is 13.0 Å². The number of hydrogen-bond acceptors (Lipinski definition) is 3. The molecule has 1 amide bonds. The maximum absolute atomic E-state index is 12.3. The van der Waals surface area contributed by atoms with Gasteiger partial charge in [-0.25, -0.2) is 0 Å². The van der Waals surface area contributed by atoms with E-state index in [1.54, 1.807) is 0 Å². The summed E-state index contributed by atoms with van der Waals surface area (Å²) in [5.74, 6) is 1.59. The van der Waals surface area contributed by atoms with Crippen molar-refractivity contribution in [3.63, 3.8) is 0 Å². The molecule has 2 N–H and O–H groups in total. The van der Waals surface area contributed by atoms with Crippen molar-refractivity contribution in [3.8, 4) is 11.5 Å². The minimum absolute atomic E-state index is 0.0780. The molecule has 0 saturated carbocycles. The monoisotopic (exact) mass is 351 g/mol. The van der Waals surface area contributed by atoms with E-state index in [4.69, 9.17) is 9.47 Å². The lowest BCUT2D eigenvalue weighted by atomic mass is 10.00. The fourth-order valence-corrected chi connectivity index (χ4v) is 3.40. The first-order valence-electron chi connectivity index (χ1n) is 9.01. The summed E-state index contributed by atoms with van der Waals surface area (Å²) in [6, 6.07) is 16.2. The zero-order valence-electron chi connectivity index (χ0n) is 14.7. The third kappa shape index (κ3) is 3.89. The number of quaternary nitrogens is 1. The van der Waals surface area contributed by atoms with Gasteiger partial charge in [-0.15, -0.1) is 0 Å². The second kappa shape index (κ2) is 7.62. The molecule has 0 aromatic heterocycles. The van der Waals surface area contributed by atoms with E-state index in [0.29, 0.717) is 13.1 Å². The summed E-state index contributed by atoms with van der Waals surface area (Å²) >= 11 is 0. The van der Waals surface area contributed by atoms with Crippen LogP contribution in [0.1, 0.15) is 17.5 Å². The first kappa shape index (κ1) is 16.7. The molecule has 0 bridgehead atoms. The molecule has 0 radical (unpaired) electrons. The summed E-state index contributed by atoms with van der Waals surface area (Å²) in [5, 5.41) is 3.00. The van der Waals surface area contributed by atoms with Gasteiger partial charge < -0.3 is 19.7 Å². The topological polar surface area (TPSA) is 52.0 Å². The molecule has 2 aliphatic rings. The number of amides is 1. The van der Waals surface area contributed by atoms with E-state index in [-0.39, 0.29) is 12.7 Å². The molecule has 4 rings (SSSR count). The molecule has 5 heteroatoms. The van der Waals surface area contributed by atoms with E-state index >= 15 is 0 Å². The quantitative estimate of drug-likeness (QED) is 0.856. The number of rotatable bonds is 5. The van der Waals surface area contributed by atoms with Crippen LogP contribution in [-0.2, 0) is 11.3 Å². The molecule has 2 aromatic rings. The Bertz CT molecular complexity index is 817. The Morgan fingerprint density at radius 3 is 2.73 bits per heavy atom.